The third-order valence-corrected chi connectivity index (χ3v) is 3.24. The molecular formula is C12H20N4O2. The summed E-state index contributed by atoms with van der Waals surface area (Å²) in [6, 6.07) is 1.59. The lowest BCUT2D eigenvalue weighted by Gasteiger charge is -2.23. The number of rotatable bonds is 4. The summed E-state index contributed by atoms with van der Waals surface area (Å²) >= 11 is 0. The van der Waals surface area contributed by atoms with Crippen molar-refractivity contribution in [3.8, 4) is 0 Å². The van der Waals surface area contributed by atoms with Crippen LogP contribution >= 0.6 is 0 Å². The molecule has 0 saturated carbocycles. The number of hydrogen-bond donors (Lipinski definition) is 2. The van der Waals surface area contributed by atoms with Crippen molar-refractivity contribution in [1.82, 2.24) is 14.7 Å². The number of urea groups is 1. The van der Waals surface area contributed by atoms with E-state index in [4.69, 9.17) is 0 Å². The van der Waals surface area contributed by atoms with Gasteiger partial charge in [-0.1, -0.05) is 6.92 Å². The third kappa shape index (κ3) is 2.64. The first-order valence-corrected chi connectivity index (χ1v) is 6.46. The molecule has 0 bridgehead atoms. The van der Waals surface area contributed by atoms with Gasteiger partial charge in [0.1, 0.15) is 5.82 Å². The molecule has 6 nitrogen and oxygen atoms in total. The molecule has 2 amide bonds. The van der Waals surface area contributed by atoms with Gasteiger partial charge in [0.05, 0.1) is 18.8 Å². The van der Waals surface area contributed by atoms with Crippen LogP contribution in [0.15, 0.2) is 12.3 Å². The van der Waals surface area contributed by atoms with Crippen molar-refractivity contribution < 1.29 is 9.90 Å². The minimum Gasteiger partial charge on any atom is -0.394 e. The molecule has 6 heteroatoms. The average molecular weight is 252 g/mol. The number of aliphatic hydroxyl groups is 1. The van der Waals surface area contributed by atoms with E-state index >= 15 is 0 Å². The van der Waals surface area contributed by atoms with Crippen LogP contribution in [-0.4, -0.2) is 45.0 Å². The van der Waals surface area contributed by atoms with Crippen molar-refractivity contribution in [2.75, 3.05) is 18.5 Å². The van der Waals surface area contributed by atoms with Gasteiger partial charge in [0.2, 0.25) is 0 Å². The molecule has 1 aromatic heterocycles. The van der Waals surface area contributed by atoms with Crippen LogP contribution in [-0.2, 0) is 6.54 Å². The lowest BCUT2D eigenvalue weighted by atomic mass is 10.2. The minimum absolute atomic E-state index is 0.0294. The lowest BCUT2D eigenvalue weighted by molar-refractivity contribution is 0.166. The van der Waals surface area contributed by atoms with E-state index in [1.165, 1.54) is 0 Å². The maximum Gasteiger partial charge on any atom is 0.323 e. The molecule has 1 aromatic rings. The summed E-state index contributed by atoms with van der Waals surface area (Å²) in [5.41, 5.74) is 0. The molecule has 1 fully saturated rings. The average Bonchev–Trinajstić information content (AvgIpc) is 2.98. The summed E-state index contributed by atoms with van der Waals surface area (Å²) in [5.74, 6) is 0.713. The first kappa shape index (κ1) is 12.9. The highest BCUT2D eigenvalue weighted by Crippen LogP contribution is 2.18. The van der Waals surface area contributed by atoms with Crippen molar-refractivity contribution >= 4 is 11.8 Å². The van der Waals surface area contributed by atoms with E-state index in [1.807, 2.05) is 0 Å². The number of aryl methyl sites for hydroxylation is 1. The molecule has 0 radical (unpaired) electrons. The SMILES string of the molecule is CCCn1nccc1NC(=O)N1CCC[C@H]1CO. The van der Waals surface area contributed by atoms with E-state index in [0.29, 0.717) is 12.4 Å². The molecule has 2 rings (SSSR count). The molecule has 1 saturated heterocycles. The van der Waals surface area contributed by atoms with E-state index in [9.17, 15) is 9.90 Å². The standard InChI is InChI=1S/C12H20N4O2/c1-2-7-16-11(5-6-13-16)14-12(18)15-8-3-4-10(15)9-17/h5-6,10,17H,2-4,7-9H2,1H3,(H,14,18)/t10-/m0/s1. The number of nitrogens with zero attached hydrogens (tertiary/aromatic N) is 3. The first-order valence-electron chi connectivity index (χ1n) is 6.46. The van der Waals surface area contributed by atoms with Crippen LogP contribution in [0.5, 0.6) is 0 Å². The van der Waals surface area contributed by atoms with Crippen molar-refractivity contribution in [2.24, 2.45) is 0 Å². The van der Waals surface area contributed by atoms with Gasteiger partial charge in [-0.15, -0.1) is 0 Å². The summed E-state index contributed by atoms with van der Waals surface area (Å²) in [4.78, 5) is 13.8. The Balaban J connectivity index is 2.00. The summed E-state index contributed by atoms with van der Waals surface area (Å²) in [6.07, 6.45) is 4.47. The number of amides is 2. The summed E-state index contributed by atoms with van der Waals surface area (Å²) in [7, 11) is 0. The highest BCUT2D eigenvalue weighted by Gasteiger charge is 2.28. The number of carbonyl (C=O) groups excluding carboxylic acids is 1. The zero-order chi connectivity index (χ0) is 13.0. The molecule has 0 aliphatic carbocycles. The van der Waals surface area contributed by atoms with Gasteiger partial charge >= 0.3 is 6.03 Å². The van der Waals surface area contributed by atoms with Crippen LogP contribution in [0.1, 0.15) is 26.2 Å². The summed E-state index contributed by atoms with van der Waals surface area (Å²) in [5, 5.41) is 16.2. The summed E-state index contributed by atoms with van der Waals surface area (Å²) < 4.78 is 1.78. The number of aliphatic hydroxyl groups excluding tert-OH is 1. The fourth-order valence-electron chi connectivity index (χ4n) is 2.30. The van der Waals surface area contributed by atoms with Crippen molar-refractivity contribution in [2.45, 2.75) is 38.8 Å². The Kier molecular flexibility index (Phi) is 4.19. The van der Waals surface area contributed by atoms with Crippen LogP contribution in [0.25, 0.3) is 0 Å². The highest BCUT2D eigenvalue weighted by molar-refractivity contribution is 5.88. The monoisotopic (exact) mass is 252 g/mol. The largest absolute Gasteiger partial charge is 0.394 e. The van der Waals surface area contributed by atoms with Gasteiger partial charge < -0.3 is 10.0 Å². The van der Waals surface area contributed by atoms with Gasteiger partial charge in [-0.2, -0.15) is 5.10 Å². The van der Waals surface area contributed by atoms with Gasteiger partial charge in [-0.25, -0.2) is 9.48 Å². The molecule has 0 spiro atoms. The smallest absolute Gasteiger partial charge is 0.323 e. The van der Waals surface area contributed by atoms with Gasteiger partial charge in [0.15, 0.2) is 0 Å². The zero-order valence-electron chi connectivity index (χ0n) is 10.7. The Bertz CT molecular complexity index is 405. The number of likely N-dealkylation sites (tertiary alicyclic amines) is 1. The van der Waals surface area contributed by atoms with Crippen LogP contribution in [0, 0.1) is 0 Å². The predicted molar refractivity (Wildman–Crippen MR) is 68.4 cm³/mol. The summed E-state index contributed by atoms with van der Waals surface area (Å²) in [6.45, 7) is 3.59. The quantitative estimate of drug-likeness (QED) is 0.848. The molecule has 1 aliphatic heterocycles. The van der Waals surface area contributed by atoms with Crippen molar-refractivity contribution in [1.29, 1.82) is 0 Å². The molecule has 18 heavy (non-hydrogen) atoms. The number of anilines is 1. The minimum atomic E-state index is -0.149. The Morgan fingerprint density at radius 1 is 1.67 bits per heavy atom. The molecule has 1 atom stereocenters. The molecule has 1 aliphatic rings. The van der Waals surface area contributed by atoms with E-state index < -0.39 is 0 Å². The molecular weight excluding hydrogens is 232 g/mol. The van der Waals surface area contributed by atoms with Gasteiger partial charge in [-0.05, 0) is 19.3 Å². The molecule has 0 aromatic carbocycles. The maximum atomic E-state index is 12.1. The number of carbonyl (C=O) groups is 1. The van der Waals surface area contributed by atoms with Crippen molar-refractivity contribution in [3.05, 3.63) is 12.3 Å². The van der Waals surface area contributed by atoms with Gasteiger partial charge in [0.25, 0.3) is 0 Å². The van der Waals surface area contributed by atoms with Crippen LogP contribution < -0.4 is 5.32 Å². The van der Waals surface area contributed by atoms with E-state index in [1.54, 1.807) is 21.8 Å². The van der Waals surface area contributed by atoms with E-state index in [-0.39, 0.29) is 18.7 Å². The second-order valence-electron chi connectivity index (χ2n) is 4.54. The van der Waals surface area contributed by atoms with E-state index in [2.05, 4.69) is 17.3 Å². The molecule has 2 N–H and O–H groups in total. The van der Waals surface area contributed by atoms with Crippen LogP contribution in [0.3, 0.4) is 0 Å². The third-order valence-electron chi connectivity index (χ3n) is 3.24. The number of hydrogen-bond acceptors (Lipinski definition) is 3. The first-order chi connectivity index (χ1) is 8.76. The maximum absolute atomic E-state index is 12.1. The van der Waals surface area contributed by atoms with Gasteiger partial charge in [-0.3, -0.25) is 5.32 Å². The lowest BCUT2D eigenvalue weighted by Crippen LogP contribution is -2.40. The Morgan fingerprint density at radius 2 is 2.50 bits per heavy atom. The fraction of sp³-hybridized carbons (Fsp3) is 0.667. The Morgan fingerprint density at radius 3 is 3.22 bits per heavy atom. The van der Waals surface area contributed by atoms with Crippen molar-refractivity contribution in [3.63, 3.8) is 0 Å². The predicted octanol–water partition coefficient (Wildman–Crippen LogP) is 1.28. The Hall–Kier alpha value is -1.56. The normalized spacial score (nSPS) is 19.2. The fourth-order valence-corrected chi connectivity index (χ4v) is 2.30. The van der Waals surface area contributed by atoms with Crippen LogP contribution in [0.2, 0.25) is 0 Å². The molecule has 0 unspecified atom stereocenters. The Labute approximate surface area is 107 Å². The number of nitrogens with one attached hydrogen (secondary N) is 1. The topological polar surface area (TPSA) is 70.4 Å². The number of aromatic nitrogens is 2. The highest BCUT2D eigenvalue weighted by atomic mass is 16.3. The zero-order valence-corrected chi connectivity index (χ0v) is 10.7. The van der Waals surface area contributed by atoms with Gasteiger partial charge in [0, 0.05) is 19.2 Å². The second kappa shape index (κ2) is 5.86. The molecule has 100 valence electrons. The second-order valence-corrected chi connectivity index (χ2v) is 4.54. The van der Waals surface area contributed by atoms with Crippen LogP contribution in [0.4, 0.5) is 10.6 Å². The molecule has 2 heterocycles. The van der Waals surface area contributed by atoms with E-state index in [0.717, 1.165) is 25.8 Å².